The summed E-state index contributed by atoms with van der Waals surface area (Å²) in [6.07, 6.45) is 7.13. The molecule has 0 aromatic heterocycles. The molecule has 0 saturated carbocycles. The predicted molar refractivity (Wildman–Crippen MR) is 93.4 cm³/mol. The number of rotatable bonds is 2. The largest absolute Gasteiger partial charge is 0.372 e. The lowest BCUT2D eigenvalue weighted by molar-refractivity contribution is -0.115. The molecule has 21 heavy (non-hydrogen) atoms. The van der Waals surface area contributed by atoms with E-state index < -0.39 is 0 Å². The van der Waals surface area contributed by atoms with Gasteiger partial charge >= 0.3 is 0 Å². The van der Waals surface area contributed by atoms with Crippen LogP contribution in [0.4, 0.5) is 5.69 Å². The van der Waals surface area contributed by atoms with Crippen LogP contribution in [0.1, 0.15) is 31.2 Å². The molecule has 2 heterocycles. The van der Waals surface area contributed by atoms with Crippen molar-refractivity contribution in [1.29, 1.82) is 0 Å². The lowest BCUT2D eigenvalue weighted by atomic mass is 10.1. The molecular weight excluding hydrogens is 300 g/mol. The summed E-state index contributed by atoms with van der Waals surface area (Å²) in [4.78, 5) is 14.8. The number of hydrogen-bond donors (Lipinski definition) is 1. The Bertz CT molecular complexity index is 572. The number of nitrogens with zero attached hydrogens (tertiary/aromatic N) is 1. The van der Waals surface area contributed by atoms with Gasteiger partial charge in [-0.05, 0) is 36.6 Å². The highest BCUT2D eigenvalue weighted by molar-refractivity contribution is 8.26. The zero-order valence-electron chi connectivity index (χ0n) is 11.8. The summed E-state index contributed by atoms with van der Waals surface area (Å²) < 4.78 is 0.535. The van der Waals surface area contributed by atoms with Crippen molar-refractivity contribution in [2.45, 2.75) is 25.7 Å². The zero-order valence-corrected chi connectivity index (χ0v) is 13.4. The van der Waals surface area contributed by atoms with Crippen molar-refractivity contribution in [3.05, 3.63) is 34.7 Å². The van der Waals surface area contributed by atoms with E-state index in [1.54, 1.807) is 0 Å². The molecule has 5 heteroatoms. The van der Waals surface area contributed by atoms with Gasteiger partial charge in [-0.25, -0.2) is 0 Å². The molecule has 0 bridgehead atoms. The Kier molecular flexibility index (Phi) is 4.60. The minimum atomic E-state index is -0.0957. The van der Waals surface area contributed by atoms with Gasteiger partial charge in [0.1, 0.15) is 4.32 Å². The monoisotopic (exact) mass is 318 g/mol. The van der Waals surface area contributed by atoms with Gasteiger partial charge in [0.25, 0.3) is 5.91 Å². The number of carbonyl (C=O) groups excluding carboxylic acids is 1. The normalized spacial score (nSPS) is 21.5. The summed E-state index contributed by atoms with van der Waals surface area (Å²) in [6, 6.07) is 8.44. The van der Waals surface area contributed by atoms with Gasteiger partial charge in [0.05, 0.1) is 4.91 Å². The number of thioether (sulfide) groups is 1. The molecule has 0 aliphatic carbocycles. The van der Waals surface area contributed by atoms with Crippen molar-refractivity contribution < 1.29 is 4.79 Å². The van der Waals surface area contributed by atoms with Crippen LogP contribution in [-0.4, -0.2) is 23.3 Å². The standard InChI is InChI=1S/C16H18N2OS2/c19-15-14(21-16(20)17-15)11-12-5-7-13(8-6-12)18-9-3-1-2-4-10-18/h5-8,11H,1-4,9-10H2,(H,17,19,20)/b14-11+. The second-order valence-electron chi connectivity index (χ2n) is 5.35. The van der Waals surface area contributed by atoms with Crippen LogP contribution in [0.3, 0.4) is 0 Å². The fraction of sp³-hybridized carbons (Fsp3) is 0.375. The first kappa shape index (κ1) is 14.6. The van der Waals surface area contributed by atoms with Crippen LogP contribution in [0.25, 0.3) is 6.08 Å². The molecule has 1 N–H and O–H groups in total. The highest BCUT2D eigenvalue weighted by atomic mass is 32.2. The number of hydrogen-bond acceptors (Lipinski definition) is 4. The lowest BCUT2D eigenvalue weighted by Gasteiger charge is -2.22. The van der Waals surface area contributed by atoms with E-state index in [4.69, 9.17) is 12.2 Å². The molecule has 2 fully saturated rings. The minimum absolute atomic E-state index is 0.0957. The smallest absolute Gasteiger partial charge is 0.263 e. The Hall–Kier alpha value is -1.33. The Morgan fingerprint density at radius 3 is 2.33 bits per heavy atom. The molecule has 2 aliphatic rings. The first-order valence-electron chi connectivity index (χ1n) is 7.32. The van der Waals surface area contributed by atoms with Gasteiger partial charge in [0.2, 0.25) is 0 Å². The second kappa shape index (κ2) is 6.62. The number of benzene rings is 1. The molecule has 2 aliphatic heterocycles. The van der Waals surface area contributed by atoms with Gasteiger partial charge in [0, 0.05) is 18.8 Å². The SMILES string of the molecule is O=C1NC(=S)S/C1=C/c1ccc(N2CCCCCC2)cc1. The van der Waals surface area contributed by atoms with E-state index in [0.29, 0.717) is 9.23 Å². The molecule has 0 radical (unpaired) electrons. The number of thiocarbonyl (C=S) groups is 1. The number of nitrogens with one attached hydrogen (secondary N) is 1. The maximum atomic E-state index is 11.6. The zero-order chi connectivity index (χ0) is 14.7. The second-order valence-corrected chi connectivity index (χ2v) is 7.06. The summed E-state index contributed by atoms with van der Waals surface area (Å²) in [5.74, 6) is -0.0957. The van der Waals surface area contributed by atoms with Gasteiger partial charge in [-0.3, -0.25) is 4.79 Å². The van der Waals surface area contributed by atoms with Crippen LogP contribution < -0.4 is 10.2 Å². The molecule has 3 rings (SSSR count). The van der Waals surface area contributed by atoms with Crippen molar-refractivity contribution >= 4 is 46.0 Å². The van der Waals surface area contributed by atoms with E-state index in [0.717, 1.165) is 18.7 Å². The Balaban J connectivity index is 1.73. The molecule has 3 nitrogen and oxygen atoms in total. The van der Waals surface area contributed by atoms with Crippen molar-refractivity contribution in [1.82, 2.24) is 5.32 Å². The van der Waals surface area contributed by atoms with Crippen molar-refractivity contribution in [2.24, 2.45) is 0 Å². The van der Waals surface area contributed by atoms with Crippen molar-refractivity contribution in [2.75, 3.05) is 18.0 Å². The summed E-state index contributed by atoms with van der Waals surface area (Å²) in [5.41, 5.74) is 2.31. The predicted octanol–water partition coefficient (Wildman–Crippen LogP) is 3.56. The van der Waals surface area contributed by atoms with Gasteiger partial charge in [-0.2, -0.15) is 0 Å². The van der Waals surface area contributed by atoms with Gasteiger partial charge in [-0.1, -0.05) is 49.0 Å². The molecule has 2 saturated heterocycles. The minimum Gasteiger partial charge on any atom is -0.372 e. The van der Waals surface area contributed by atoms with E-state index in [2.05, 4.69) is 34.5 Å². The summed E-state index contributed by atoms with van der Waals surface area (Å²) in [5, 5.41) is 2.64. The van der Waals surface area contributed by atoms with E-state index in [1.165, 1.54) is 43.1 Å². The lowest BCUT2D eigenvalue weighted by Crippen LogP contribution is -2.23. The summed E-state index contributed by atoms with van der Waals surface area (Å²) in [6.45, 7) is 2.29. The first-order valence-corrected chi connectivity index (χ1v) is 8.55. The number of carbonyl (C=O) groups is 1. The molecular formula is C16H18N2OS2. The summed E-state index contributed by atoms with van der Waals surface area (Å²) in [7, 11) is 0. The van der Waals surface area contributed by atoms with Crippen LogP contribution in [-0.2, 0) is 4.79 Å². The van der Waals surface area contributed by atoms with Gasteiger partial charge in [0.15, 0.2) is 0 Å². The molecule has 0 spiro atoms. The third-order valence-electron chi connectivity index (χ3n) is 3.80. The van der Waals surface area contributed by atoms with Gasteiger partial charge < -0.3 is 10.2 Å². The highest BCUT2D eigenvalue weighted by Gasteiger charge is 2.21. The number of amides is 1. The average molecular weight is 318 g/mol. The highest BCUT2D eigenvalue weighted by Crippen LogP contribution is 2.27. The molecule has 110 valence electrons. The van der Waals surface area contributed by atoms with Crippen molar-refractivity contribution in [3.63, 3.8) is 0 Å². The van der Waals surface area contributed by atoms with Crippen molar-refractivity contribution in [3.8, 4) is 0 Å². The van der Waals surface area contributed by atoms with Crippen LogP contribution in [0, 0.1) is 0 Å². The molecule has 1 aromatic carbocycles. The Morgan fingerprint density at radius 2 is 1.76 bits per heavy atom. The van der Waals surface area contributed by atoms with E-state index in [9.17, 15) is 4.79 Å². The van der Waals surface area contributed by atoms with E-state index in [-0.39, 0.29) is 5.91 Å². The molecule has 1 amide bonds. The Labute approximate surface area is 134 Å². The third-order valence-corrected chi connectivity index (χ3v) is 4.97. The molecule has 0 unspecified atom stereocenters. The first-order chi connectivity index (χ1) is 10.2. The fourth-order valence-corrected chi connectivity index (χ4v) is 3.73. The molecule has 0 atom stereocenters. The topological polar surface area (TPSA) is 32.3 Å². The number of anilines is 1. The average Bonchev–Trinajstić information content (AvgIpc) is 2.71. The van der Waals surface area contributed by atoms with Gasteiger partial charge in [-0.15, -0.1) is 0 Å². The van der Waals surface area contributed by atoms with E-state index in [1.807, 2.05) is 6.08 Å². The Morgan fingerprint density at radius 1 is 1.10 bits per heavy atom. The summed E-state index contributed by atoms with van der Waals surface area (Å²) >= 11 is 6.32. The van der Waals surface area contributed by atoms with Crippen LogP contribution in [0.2, 0.25) is 0 Å². The van der Waals surface area contributed by atoms with Crippen LogP contribution in [0.5, 0.6) is 0 Å². The third kappa shape index (κ3) is 3.66. The van der Waals surface area contributed by atoms with Crippen LogP contribution >= 0.6 is 24.0 Å². The quantitative estimate of drug-likeness (QED) is 0.667. The maximum Gasteiger partial charge on any atom is 0.263 e. The fourth-order valence-electron chi connectivity index (χ4n) is 2.68. The molecule has 1 aromatic rings. The van der Waals surface area contributed by atoms with E-state index >= 15 is 0 Å². The van der Waals surface area contributed by atoms with Crippen LogP contribution in [0.15, 0.2) is 29.2 Å². The maximum absolute atomic E-state index is 11.6.